The molecule has 0 unspecified atom stereocenters. The van der Waals surface area contributed by atoms with Crippen molar-refractivity contribution in [3.63, 3.8) is 0 Å². The van der Waals surface area contributed by atoms with Crippen LogP contribution in [0.2, 0.25) is 0 Å². The van der Waals surface area contributed by atoms with E-state index in [9.17, 15) is 14.4 Å². The summed E-state index contributed by atoms with van der Waals surface area (Å²) in [5, 5.41) is 10.5. The van der Waals surface area contributed by atoms with Gasteiger partial charge in [0, 0.05) is 29.7 Å². The van der Waals surface area contributed by atoms with Crippen molar-refractivity contribution >= 4 is 40.4 Å². The van der Waals surface area contributed by atoms with E-state index < -0.39 is 5.91 Å². The number of anilines is 1. The smallest absolute Gasteiger partial charge is 0.292 e. The second-order valence-electron chi connectivity index (χ2n) is 6.70. The number of benzene rings is 1. The van der Waals surface area contributed by atoms with E-state index in [-0.39, 0.29) is 23.6 Å². The Labute approximate surface area is 170 Å². The summed E-state index contributed by atoms with van der Waals surface area (Å²) in [6.45, 7) is 2.57. The fourth-order valence-electron chi connectivity index (χ4n) is 3.16. The third kappa shape index (κ3) is 3.91. The predicted octanol–water partition coefficient (Wildman–Crippen LogP) is 2.51. The van der Waals surface area contributed by atoms with E-state index in [2.05, 4.69) is 15.7 Å². The first-order chi connectivity index (χ1) is 14.1. The Morgan fingerprint density at radius 3 is 2.93 bits per heavy atom. The molecule has 0 aliphatic carbocycles. The van der Waals surface area contributed by atoms with Crippen LogP contribution in [0.3, 0.4) is 0 Å². The van der Waals surface area contributed by atoms with E-state index in [1.807, 2.05) is 6.92 Å². The van der Waals surface area contributed by atoms with E-state index in [4.69, 9.17) is 4.42 Å². The second-order valence-corrected chi connectivity index (χ2v) is 7.69. The molecule has 1 aliphatic rings. The Kier molecular flexibility index (Phi) is 5.39. The maximum Gasteiger partial charge on any atom is 0.292 e. The zero-order valence-electron chi connectivity index (χ0n) is 15.9. The van der Waals surface area contributed by atoms with E-state index >= 15 is 0 Å². The summed E-state index contributed by atoms with van der Waals surface area (Å²) in [6.07, 6.45) is 0.836. The molecule has 2 N–H and O–H groups in total. The summed E-state index contributed by atoms with van der Waals surface area (Å²) in [4.78, 5) is 37.3. The number of rotatable bonds is 6. The summed E-state index contributed by atoms with van der Waals surface area (Å²) in [5.74, 6) is 1.08. The van der Waals surface area contributed by atoms with Gasteiger partial charge in [-0.2, -0.15) is 16.9 Å². The first kappa shape index (κ1) is 19.3. The van der Waals surface area contributed by atoms with Crippen molar-refractivity contribution in [2.75, 3.05) is 11.9 Å². The Morgan fingerprint density at radius 1 is 1.28 bits per heavy atom. The van der Waals surface area contributed by atoms with Crippen LogP contribution in [0.15, 0.2) is 39.5 Å². The van der Waals surface area contributed by atoms with Gasteiger partial charge in [-0.3, -0.25) is 14.4 Å². The van der Waals surface area contributed by atoms with Crippen LogP contribution in [0.4, 0.5) is 5.82 Å². The highest BCUT2D eigenvalue weighted by Crippen LogP contribution is 2.34. The molecule has 3 heterocycles. The Bertz CT molecular complexity index is 1150. The normalized spacial score (nSPS) is 12.7. The molecule has 4 rings (SSSR count). The number of hydrogen-bond acceptors (Lipinski definition) is 6. The fourth-order valence-corrected chi connectivity index (χ4v) is 4.20. The molecule has 1 aliphatic heterocycles. The minimum Gasteiger partial charge on any atom is -0.451 e. The number of para-hydroxylation sites is 1. The lowest BCUT2D eigenvalue weighted by Gasteiger charge is -2.11. The molecule has 0 radical (unpaired) electrons. The minimum absolute atomic E-state index is 0.00888. The van der Waals surface area contributed by atoms with Crippen LogP contribution in [0, 0.1) is 0 Å². The standard InChI is InChI=1S/C20H20N4O4S/c1-2-7-21-18(26)9-24-19(13-10-29-11-14(13)23-24)22-20(27)17-8-15(25)12-5-3-4-6-16(12)28-17/h3-6,8H,2,7,9-11H2,1H3,(H,21,26)(H,22,27). The number of nitrogens with one attached hydrogen (secondary N) is 2. The number of aromatic nitrogens is 2. The summed E-state index contributed by atoms with van der Waals surface area (Å²) in [6, 6.07) is 7.95. The summed E-state index contributed by atoms with van der Waals surface area (Å²) >= 11 is 1.69. The number of carbonyl (C=O) groups excluding carboxylic acids is 2. The zero-order chi connectivity index (χ0) is 20.4. The number of amides is 2. The van der Waals surface area contributed by atoms with Crippen molar-refractivity contribution in [1.29, 1.82) is 0 Å². The fraction of sp³-hybridized carbons (Fsp3) is 0.300. The number of nitrogens with zero attached hydrogens (tertiary/aromatic N) is 2. The third-order valence-electron chi connectivity index (χ3n) is 4.57. The van der Waals surface area contributed by atoms with Gasteiger partial charge in [0.1, 0.15) is 17.9 Å². The molecule has 150 valence electrons. The molecular formula is C20H20N4O4S. The van der Waals surface area contributed by atoms with Gasteiger partial charge in [0.05, 0.1) is 11.1 Å². The number of fused-ring (bicyclic) bond motifs is 2. The maximum atomic E-state index is 12.8. The Balaban J connectivity index is 1.63. The molecule has 1 aromatic carbocycles. The highest BCUT2D eigenvalue weighted by molar-refractivity contribution is 7.98. The Morgan fingerprint density at radius 2 is 2.10 bits per heavy atom. The average Bonchev–Trinajstić information content (AvgIpc) is 3.29. The molecule has 2 amide bonds. The van der Waals surface area contributed by atoms with Gasteiger partial charge in [-0.05, 0) is 18.6 Å². The zero-order valence-corrected chi connectivity index (χ0v) is 16.7. The quantitative estimate of drug-likeness (QED) is 0.644. The van der Waals surface area contributed by atoms with Gasteiger partial charge in [-0.25, -0.2) is 4.68 Å². The molecule has 8 nitrogen and oxygen atoms in total. The first-order valence-corrected chi connectivity index (χ1v) is 10.5. The van der Waals surface area contributed by atoms with Crippen molar-refractivity contribution in [3.05, 3.63) is 57.6 Å². The largest absolute Gasteiger partial charge is 0.451 e. The molecule has 0 bridgehead atoms. The van der Waals surface area contributed by atoms with Gasteiger partial charge in [0.15, 0.2) is 11.2 Å². The molecule has 0 spiro atoms. The molecule has 0 atom stereocenters. The number of carbonyl (C=O) groups is 2. The molecule has 2 aromatic heterocycles. The minimum atomic E-state index is -0.553. The maximum absolute atomic E-state index is 12.8. The van der Waals surface area contributed by atoms with Gasteiger partial charge in [0.2, 0.25) is 5.91 Å². The van der Waals surface area contributed by atoms with Crippen LogP contribution >= 0.6 is 11.8 Å². The van der Waals surface area contributed by atoms with Gasteiger partial charge < -0.3 is 15.1 Å². The lowest BCUT2D eigenvalue weighted by atomic mass is 10.2. The monoisotopic (exact) mass is 412 g/mol. The predicted molar refractivity (Wildman–Crippen MR) is 111 cm³/mol. The Hall–Kier alpha value is -3.07. The highest BCUT2D eigenvalue weighted by Gasteiger charge is 2.26. The van der Waals surface area contributed by atoms with Crippen molar-refractivity contribution in [3.8, 4) is 0 Å². The van der Waals surface area contributed by atoms with Crippen LogP contribution in [0.25, 0.3) is 11.0 Å². The van der Waals surface area contributed by atoms with Crippen molar-refractivity contribution in [1.82, 2.24) is 15.1 Å². The highest BCUT2D eigenvalue weighted by atomic mass is 32.2. The van der Waals surface area contributed by atoms with E-state index in [1.54, 1.807) is 36.0 Å². The lowest BCUT2D eigenvalue weighted by Crippen LogP contribution is -2.29. The lowest BCUT2D eigenvalue weighted by molar-refractivity contribution is -0.121. The van der Waals surface area contributed by atoms with Crippen molar-refractivity contribution < 1.29 is 14.0 Å². The van der Waals surface area contributed by atoms with Gasteiger partial charge >= 0.3 is 0 Å². The number of hydrogen-bond donors (Lipinski definition) is 2. The van der Waals surface area contributed by atoms with Crippen molar-refractivity contribution in [2.45, 2.75) is 31.4 Å². The van der Waals surface area contributed by atoms with Crippen LogP contribution in [0.1, 0.15) is 35.2 Å². The molecular weight excluding hydrogens is 392 g/mol. The molecule has 0 saturated heterocycles. The van der Waals surface area contributed by atoms with Gasteiger partial charge in [-0.15, -0.1) is 0 Å². The van der Waals surface area contributed by atoms with E-state index in [0.29, 0.717) is 29.1 Å². The summed E-state index contributed by atoms with van der Waals surface area (Å²) in [5.41, 5.74) is 1.81. The van der Waals surface area contributed by atoms with Gasteiger partial charge in [0.25, 0.3) is 5.91 Å². The van der Waals surface area contributed by atoms with Crippen LogP contribution in [0.5, 0.6) is 0 Å². The van der Waals surface area contributed by atoms with Crippen LogP contribution in [-0.2, 0) is 22.8 Å². The van der Waals surface area contributed by atoms with E-state index in [1.165, 1.54) is 10.7 Å². The van der Waals surface area contributed by atoms with Gasteiger partial charge in [-0.1, -0.05) is 19.1 Å². The number of thioether (sulfide) groups is 1. The SMILES string of the molecule is CCCNC(=O)Cn1nc2c(c1NC(=O)c1cc(=O)c3ccccc3o1)CSC2. The molecule has 9 heteroatoms. The summed E-state index contributed by atoms with van der Waals surface area (Å²) in [7, 11) is 0. The first-order valence-electron chi connectivity index (χ1n) is 9.34. The van der Waals surface area contributed by atoms with Crippen LogP contribution in [-0.4, -0.2) is 28.1 Å². The van der Waals surface area contributed by atoms with Crippen molar-refractivity contribution in [2.24, 2.45) is 0 Å². The topological polar surface area (TPSA) is 106 Å². The molecule has 3 aromatic rings. The molecule has 0 fully saturated rings. The molecule has 29 heavy (non-hydrogen) atoms. The summed E-state index contributed by atoms with van der Waals surface area (Å²) < 4.78 is 7.13. The van der Waals surface area contributed by atoms with E-state index in [0.717, 1.165) is 23.4 Å². The van der Waals surface area contributed by atoms with Crippen LogP contribution < -0.4 is 16.1 Å². The average molecular weight is 412 g/mol. The molecule has 0 saturated carbocycles. The second kappa shape index (κ2) is 8.12. The third-order valence-corrected chi connectivity index (χ3v) is 5.55.